The van der Waals surface area contributed by atoms with Gasteiger partial charge in [0.25, 0.3) is 5.91 Å². The number of likely N-dealkylation sites (tertiary alicyclic amines) is 1. The fraction of sp³-hybridized carbons (Fsp3) is 0.545. The first-order chi connectivity index (χ1) is 7.74. The van der Waals surface area contributed by atoms with E-state index in [1.54, 1.807) is 6.07 Å². The molecule has 16 heavy (non-hydrogen) atoms. The van der Waals surface area contributed by atoms with E-state index in [4.69, 9.17) is 9.15 Å². The summed E-state index contributed by atoms with van der Waals surface area (Å²) in [6.45, 7) is 1.40. The van der Waals surface area contributed by atoms with Crippen molar-refractivity contribution in [1.82, 2.24) is 4.90 Å². The Labute approximate surface area is 102 Å². The summed E-state index contributed by atoms with van der Waals surface area (Å²) in [6.07, 6.45) is 4.12. The number of carbonyl (C=O) groups excluding carboxylic acids is 1. The lowest BCUT2D eigenvalue weighted by atomic mass is 10.2. The van der Waals surface area contributed by atoms with Crippen molar-refractivity contribution in [2.75, 3.05) is 13.1 Å². The lowest BCUT2D eigenvalue weighted by Crippen LogP contribution is -2.45. The van der Waals surface area contributed by atoms with Gasteiger partial charge in [0.15, 0.2) is 4.67 Å². The maximum absolute atomic E-state index is 12.2. The van der Waals surface area contributed by atoms with Gasteiger partial charge < -0.3 is 14.1 Å². The van der Waals surface area contributed by atoms with Gasteiger partial charge in [-0.05, 0) is 34.8 Å². The molecule has 4 nitrogen and oxygen atoms in total. The van der Waals surface area contributed by atoms with E-state index in [2.05, 4.69) is 15.9 Å². The molecule has 0 spiro atoms. The molecule has 3 rings (SSSR count). The molecule has 0 aromatic carbocycles. The summed E-state index contributed by atoms with van der Waals surface area (Å²) in [4.78, 5) is 14.0. The Kier molecular flexibility index (Phi) is 2.52. The number of ether oxygens (including phenoxy) is 1. The van der Waals surface area contributed by atoms with Crippen LogP contribution in [0.5, 0.6) is 0 Å². The largest absolute Gasteiger partial charge is 0.457 e. The second kappa shape index (κ2) is 3.89. The molecule has 1 amide bonds. The summed E-state index contributed by atoms with van der Waals surface area (Å²) < 4.78 is 11.3. The highest BCUT2D eigenvalue weighted by molar-refractivity contribution is 9.10. The number of nitrogens with zero attached hydrogens (tertiary/aromatic N) is 1. The van der Waals surface area contributed by atoms with Crippen LogP contribution in [0.3, 0.4) is 0 Å². The number of hydrogen-bond acceptors (Lipinski definition) is 3. The fourth-order valence-corrected chi connectivity index (χ4v) is 2.81. The van der Waals surface area contributed by atoms with Gasteiger partial charge in [-0.2, -0.15) is 0 Å². The Morgan fingerprint density at radius 2 is 2.06 bits per heavy atom. The minimum Gasteiger partial charge on any atom is -0.457 e. The van der Waals surface area contributed by atoms with Gasteiger partial charge in [0.1, 0.15) is 0 Å². The Morgan fingerprint density at radius 3 is 2.62 bits per heavy atom. The highest BCUT2D eigenvalue weighted by atomic mass is 79.9. The summed E-state index contributed by atoms with van der Waals surface area (Å²) in [5.41, 5.74) is 0.598. The van der Waals surface area contributed by atoms with Crippen molar-refractivity contribution in [2.24, 2.45) is 0 Å². The van der Waals surface area contributed by atoms with Crippen LogP contribution >= 0.6 is 15.9 Å². The molecule has 1 aromatic heterocycles. The third kappa shape index (κ3) is 1.68. The van der Waals surface area contributed by atoms with Crippen LogP contribution in [0.1, 0.15) is 23.2 Å². The molecule has 2 fully saturated rings. The van der Waals surface area contributed by atoms with Gasteiger partial charge in [-0.25, -0.2) is 0 Å². The third-order valence-corrected chi connectivity index (χ3v) is 3.79. The van der Waals surface area contributed by atoms with Gasteiger partial charge in [-0.1, -0.05) is 0 Å². The van der Waals surface area contributed by atoms with E-state index in [1.165, 1.54) is 6.26 Å². The van der Waals surface area contributed by atoms with Gasteiger partial charge >= 0.3 is 0 Å². The molecule has 86 valence electrons. The Balaban J connectivity index is 1.79. The highest BCUT2D eigenvalue weighted by Gasteiger charge is 2.36. The number of furan rings is 1. The minimum atomic E-state index is 0.0285. The van der Waals surface area contributed by atoms with Crippen LogP contribution < -0.4 is 0 Å². The molecule has 2 bridgehead atoms. The van der Waals surface area contributed by atoms with Crippen LogP contribution in [0.15, 0.2) is 21.4 Å². The summed E-state index contributed by atoms with van der Waals surface area (Å²) in [7, 11) is 0. The van der Waals surface area contributed by atoms with E-state index in [0.717, 1.165) is 12.8 Å². The normalized spacial score (nSPS) is 28.4. The predicted molar refractivity (Wildman–Crippen MR) is 60.2 cm³/mol. The number of halogens is 1. The Hall–Kier alpha value is -0.810. The van der Waals surface area contributed by atoms with Crippen LogP contribution in [0.25, 0.3) is 0 Å². The lowest BCUT2D eigenvalue weighted by molar-refractivity contribution is -0.0304. The molecule has 2 atom stereocenters. The first kappa shape index (κ1) is 10.4. The fourth-order valence-electron chi connectivity index (χ4n) is 2.40. The van der Waals surface area contributed by atoms with Crippen molar-refractivity contribution in [2.45, 2.75) is 25.0 Å². The van der Waals surface area contributed by atoms with E-state index in [0.29, 0.717) is 23.3 Å². The van der Waals surface area contributed by atoms with Gasteiger partial charge in [-0.3, -0.25) is 4.79 Å². The summed E-state index contributed by atoms with van der Waals surface area (Å²) in [5.74, 6) is 0.0285. The zero-order valence-corrected chi connectivity index (χ0v) is 10.3. The molecule has 0 radical (unpaired) electrons. The number of fused-ring (bicyclic) bond motifs is 2. The first-order valence-electron chi connectivity index (χ1n) is 5.42. The molecule has 2 unspecified atom stereocenters. The van der Waals surface area contributed by atoms with Crippen molar-refractivity contribution in [3.8, 4) is 0 Å². The summed E-state index contributed by atoms with van der Waals surface area (Å²) in [6, 6.07) is 1.70. The van der Waals surface area contributed by atoms with Crippen LogP contribution in [-0.4, -0.2) is 36.1 Å². The highest BCUT2D eigenvalue weighted by Crippen LogP contribution is 2.28. The standard InChI is InChI=1S/C11H12BrNO3/c12-10-9(3-4-15-10)11(14)13-5-7-1-2-8(6-13)16-7/h3-4,7-8H,1-2,5-6H2. The summed E-state index contributed by atoms with van der Waals surface area (Å²) in [5, 5.41) is 0. The molecular weight excluding hydrogens is 274 g/mol. The van der Waals surface area contributed by atoms with Crippen LogP contribution in [-0.2, 0) is 4.74 Å². The average Bonchev–Trinajstić information content (AvgIpc) is 2.84. The van der Waals surface area contributed by atoms with E-state index < -0.39 is 0 Å². The number of amides is 1. The molecule has 0 aliphatic carbocycles. The molecule has 2 saturated heterocycles. The topological polar surface area (TPSA) is 42.7 Å². The predicted octanol–water partition coefficient (Wildman–Crippen LogP) is 2.05. The van der Waals surface area contributed by atoms with Gasteiger partial charge in [0.05, 0.1) is 24.0 Å². The van der Waals surface area contributed by atoms with Gasteiger partial charge in [-0.15, -0.1) is 0 Å². The van der Waals surface area contributed by atoms with Crippen molar-refractivity contribution in [3.63, 3.8) is 0 Å². The minimum absolute atomic E-state index is 0.0285. The monoisotopic (exact) mass is 285 g/mol. The van der Waals surface area contributed by atoms with Crippen molar-refractivity contribution in [3.05, 3.63) is 22.6 Å². The van der Waals surface area contributed by atoms with Crippen LogP contribution in [0, 0.1) is 0 Å². The molecule has 2 aliphatic heterocycles. The number of carbonyl (C=O) groups is 1. The number of morpholine rings is 1. The van der Waals surface area contributed by atoms with Crippen LogP contribution in [0.2, 0.25) is 0 Å². The van der Waals surface area contributed by atoms with Crippen molar-refractivity contribution in [1.29, 1.82) is 0 Å². The summed E-state index contributed by atoms with van der Waals surface area (Å²) >= 11 is 3.23. The molecule has 5 heteroatoms. The first-order valence-corrected chi connectivity index (χ1v) is 6.21. The Bertz CT molecular complexity index is 405. The van der Waals surface area contributed by atoms with Gasteiger partial charge in [0, 0.05) is 13.1 Å². The maximum Gasteiger partial charge on any atom is 0.258 e. The molecule has 3 heterocycles. The molecule has 0 N–H and O–H groups in total. The second-order valence-electron chi connectivity index (χ2n) is 4.28. The van der Waals surface area contributed by atoms with Crippen molar-refractivity contribution >= 4 is 21.8 Å². The lowest BCUT2D eigenvalue weighted by Gasteiger charge is -2.31. The maximum atomic E-state index is 12.2. The average molecular weight is 286 g/mol. The molecular formula is C11H12BrNO3. The SMILES string of the molecule is O=C(c1ccoc1Br)N1CC2CCC(C1)O2. The van der Waals surface area contributed by atoms with Crippen molar-refractivity contribution < 1.29 is 13.9 Å². The number of rotatable bonds is 1. The van der Waals surface area contributed by atoms with E-state index in [1.807, 2.05) is 4.90 Å². The molecule has 0 saturated carbocycles. The number of hydrogen-bond donors (Lipinski definition) is 0. The smallest absolute Gasteiger partial charge is 0.258 e. The molecule has 1 aromatic rings. The van der Waals surface area contributed by atoms with E-state index in [9.17, 15) is 4.79 Å². The van der Waals surface area contributed by atoms with Crippen LogP contribution in [0.4, 0.5) is 0 Å². The van der Waals surface area contributed by atoms with E-state index >= 15 is 0 Å². The second-order valence-corrected chi connectivity index (χ2v) is 5.00. The zero-order valence-electron chi connectivity index (χ0n) is 8.69. The third-order valence-electron chi connectivity index (χ3n) is 3.18. The van der Waals surface area contributed by atoms with E-state index in [-0.39, 0.29) is 18.1 Å². The quantitative estimate of drug-likeness (QED) is 0.793. The Morgan fingerprint density at radius 1 is 1.38 bits per heavy atom. The molecule has 2 aliphatic rings. The zero-order chi connectivity index (χ0) is 11.1. The van der Waals surface area contributed by atoms with Gasteiger partial charge in [0.2, 0.25) is 0 Å².